The molecule has 0 aliphatic rings. The molecule has 2 heterocycles. The fourth-order valence-corrected chi connectivity index (χ4v) is 4.76. The van der Waals surface area contributed by atoms with Crippen molar-refractivity contribution in [1.29, 1.82) is 0 Å². The molecule has 0 saturated carbocycles. The highest BCUT2D eigenvalue weighted by atomic mass is 32.1. The summed E-state index contributed by atoms with van der Waals surface area (Å²) >= 11 is 3.30. The molecule has 0 atom stereocenters. The van der Waals surface area contributed by atoms with Crippen LogP contribution in [0.25, 0.3) is 0 Å². The van der Waals surface area contributed by atoms with Crippen LogP contribution in [0.15, 0.2) is 76.4 Å². The SMILES string of the molecule is CCN(CC)c1ccc(Nc2ccc(N=Nc3ccc(NNc4nccs4)cc3)c(C)c2)s1. The van der Waals surface area contributed by atoms with Crippen LogP contribution in [0.3, 0.4) is 0 Å². The van der Waals surface area contributed by atoms with Crippen molar-refractivity contribution in [3.8, 4) is 0 Å². The Labute approximate surface area is 202 Å². The third kappa shape index (κ3) is 6.09. The molecule has 7 nitrogen and oxygen atoms in total. The fraction of sp³-hybridized carbons (Fsp3) is 0.208. The first-order valence-electron chi connectivity index (χ1n) is 10.8. The summed E-state index contributed by atoms with van der Waals surface area (Å²) in [7, 11) is 0. The molecule has 0 aliphatic carbocycles. The molecule has 4 aromatic rings. The molecule has 4 rings (SSSR count). The molecule has 2 aromatic carbocycles. The summed E-state index contributed by atoms with van der Waals surface area (Å²) in [6, 6.07) is 18.2. The van der Waals surface area contributed by atoms with E-state index in [2.05, 4.69) is 68.3 Å². The minimum Gasteiger partial charge on any atom is -0.364 e. The van der Waals surface area contributed by atoms with Crippen LogP contribution in [-0.4, -0.2) is 18.1 Å². The average Bonchev–Trinajstić information content (AvgIpc) is 3.51. The van der Waals surface area contributed by atoms with Crippen LogP contribution in [0.1, 0.15) is 19.4 Å². The number of anilines is 5. The molecule has 0 fully saturated rings. The van der Waals surface area contributed by atoms with E-state index in [1.165, 1.54) is 16.3 Å². The maximum Gasteiger partial charge on any atom is 0.201 e. The normalized spacial score (nSPS) is 11.0. The zero-order chi connectivity index (χ0) is 23.0. The number of nitrogens with zero attached hydrogens (tertiary/aromatic N) is 4. The van der Waals surface area contributed by atoms with E-state index < -0.39 is 0 Å². The van der Waals surface area contributed by atoms with Crippen LogP contribution >= 0.6 is 22.7 Å². The topological polar surface area (TPSA) is 76.9 Å². The summed E-state index contributed by atoms with van der Waals surface area (Å²) < 4.78 is 0. The van der Waals surface area contributed by atoms with Gasteiger partial charge in [0.2, 0.25) is 5.13 Å². The lowest BCUT2D eigenvalue weighted by Gasteiger charge is -2.18. The number of hydrogen-bond donors (Lipinski definition) is 3. The summed E-state index contributed by atoms with van der Waals surface area (Å²) in [6.07, 6.45) is 1.76. The van der Waals surface area contributed by atoms with E-state index in [0.29, 0.717) is 0 Å². The Morgan fingerprint density at radius 2 is 1.70 bits per heavy atom. The fourth-order valence-electron chi connectivity index (χ4n) is 3.22. The summed E-state index contributed by atoms with van der Waals surface area (Å²) in [6.45, 7) is 8.43. The molecule has 9 heteroatoms. The highest BCUT2D eigenvalue weighted by Gasteiger charge is 2.07. The van der Waals surface area contributed by atoms with Gasteiger partial charge in [-0.05, 0) is 80.9 Å². The van der Waals surface area contributed by atoms with Gasteiger partial charge in [-0.3, -0.25) is 10.9 Å². The Bertz CT molecular complexity index is 1180. The zero-order valence-electron chi connectivity index (χ0n) is 18.9. The lowest BCUT2D eigenvalue weighted by atomic mass is 10.2. The Balaban J connectivity index is 1.36. The molecular formula is C24H27N7S2. The summed E-state index contributed by atoms with van der Waals surface area (Å²) in [5.74, 6) is 0. The van der Waals surface area contributed by atoms with Gasteiger partial charge in [0, 0.05) is 30.4 Å². The van der Waals surface area contributed by atoms with E-state index in [4.69, 9.17) is 0 Å². The molecular weight excluding hydrogens is 450 g/mol. The Kier molecular flexibility index (Phi) is 7.54. The minimum absolute atomic E-state index is 0.791. The lowest BCUT2D eigenvalue weighted by Crippen LogP contribution is -2.20. The van der Waals surface area contributed by atoms with E-state index in [0.717, 1.165) is 51.5 Å². The van der Waals surface area contributed by atoms with E-state index in [1.807, 2.05) is 48.7 Å². The Morgan fingerprint density at radius 3 is 2.39 bits per heavy atom. The van der Waals surface area contributed by atoms with Crippen molar-refractivity contribution in [3.05, 3.63) is 71.7 Å². The van der Waals surface area contributed by atoms with Crippen molar-refractivity contribution < 1.29 is 0 Å². The molecule has 0 unspecified atom stereocenters. The standard InChI is InChI=1S/C24H27N7S2/c1-4-31(5-2)23-13-12-22(33-23)26-20-10-11-21(17(3)16-20)29-27-18-6-8-19(9-7-18)28-30-24-25-14-15-32-24/h6-16,26,28H,4-5H2,1-3H3,(H,25,30). The first-order valence-corrected chi connectivity index (χ1v) is 12.5. The number of aryl methyl sites for hydroxylation is 1. The molecule has 3 N–H and O–H groups in total. The van der Waals surface area contributed by atoms with Gasteiger partial charge in [-0.25, -0.2) is 4.98 Å². The number of thiazole rings is 1. The average molecular weight is 478 g/mol. The molecule has 33 heavy (non-hydrogen) atoms. The first-order chi connectivity index (χ1) is 16.1. The van der Waals surface area contributed by atoms with E-state index >= 15 is 0 Å². The number of nitrogens with one attached hydrogen (secondary N) is 3. The van der Waals surface area contributed by atoms with E-state index in [9.17, 15) is 0 Å². The van der Waals surface area contributed by atoms with Gasteiger partial charge in [0.15, 0.2) is 0 Å². The molecule has 170 valence electrons. The van der Waals surface area contributed by atoms with Gasteiger partial charge < -0.3 is 10.2 Å². The van der Waals surface area contributed by atoms with Crippen molar-refractivity contribution in [2.75, 3.05) is 34.2 Å². The molecule has 2 aromatic heterocycles. The highest BCUT2D eigenvalue weighted by Crippen LogP contribution is 2.33. The van der Waals surface area contributed by atoms with Gasteiger partial charge in [0.1, 0.15) is 0 Å². The van der Waals surface area contributed by atoms with E-state index in [1.54, 1.807) is 17.5 Å². The smallest absolute Gasteiger partial charge is 0.201 e. The van der Waals surface area contributed by atoms with Crippen LogP contribution in [0, 0.1) is 6.92 Å². The second kappa shape index (κ2) is 10.9. The number of thiophene rings is 1. The van der Waals surface area contributed by atoms with Gasteiger partial charge in [-0.15, -0.1) is 22.7 Å². The number of hydrogen-bond acceptors (Lipinski definition) is 9. The number of aromatic nitrogens is 1. The summed E-state index contributed by atoms with van der Waals surface area (Å²) in [5.41, 5.74) is 10.8. The third-order valence-electron chi connectivity index (χ3n) is 5.02. The maximum atomic E-state index is 4.44. The van der Waals surface area contributed by atoms with Crippen molar-refractivity contribution in [3.63, 3.8) is 0 Å². The minimum atomic E-state index is 0.791. The van der Waals surface area contributed by atoms with Crippen LogP contribution < -0.4 is 21.1 Å². The lowest BCUT2D eigenvalue weighted by molar-refractivity contribution is 0.876. The number of benzene rings is 2. The van der Waals surface area contributed by atoms with E-state index in [-0.39, 0.29) is 0 Å². The van der Waals surface area contributed by atoms with Crippen molar-refractivity contribution in [2.45, 2.75) is 20.8 Å². The molecule has 0 saturated heterocycles. The van der Waals surface area contributed by atoms with Gasteiger partial charge >= 0.3 is 0 Å². The van der Waals surface area contributed by atoms with Crippen molar-refractivity contribution in [1.82, 2.24) is 4.98 Å². The van der Waals surface area contributed by atoms with Crippen LogP contribution in [0.2, 0.25) is 0 Å². The Morgan fingerprint density at radius 1 is 0.909 bits per heavy atom. The van der Waals surface area contributed by atoms with Crippen LogP contribution in [0.5, 0.6) is 0 Å². The quantitative estimate of drug-likeness (QED) is 0.159. The van der Waals surface area contributed by atoms with Crippen LogP contribution in [0.4, 0.5) is 37.9 Å². The largest absolute Gasteiger partial charge is 0.364 e. The zero-order valence-corrected chi connectivity index (χ0v) is 20.5. The first kappa shape index (κ1) is 22.8. The predicted molar refractivity (Wildman–Crippen MR) is 142 cm³/mol. The number of rotatable bonds is 10. The summed E-state index contributed by atoms with van der Waals surface area (Å²) in [4.78, 5) is 6.52. The second-order valence-corrected chi connectivity index (χ2v) is 9.23. The molecule has 0 aliphatic heterocycles. The number of azo groups is 1. The molecule has 0 amide bonds. The highest BCUT2D eigenvalue weighted by molar-refractivity contribution is 7.20. The molecule has 0 radical (unpaired) electrons. The van der Waals surface area contributed by atoms with Crippen molar-refractivity contribution in [2.24, 2.45) is 10.2 Å². The van der Waals surface area contributed by atoms with Gasteiger partial charge in [-0.2, -0.15) is 10.2 Å². The summed E-state index contributed by atoms with van der Waals surface area (Å²) in [5, 5.41) is 17.5. The van der Waals surface area contributed by atoms with Gasteiger partial charge in [0.05, 0.1) is 27.1 Å². The molecule has 0 bridgehead atoms. The predicted octanol–water partition coefficient (Wildman–Crippen LogP) is 7.96. The number of hydrazine groups is 1. The van der Waals surface area contributed by atoms with Gasteiger partial charge in [-0.1, -0.05) is 0 Å². The van der Waals surface area contributed by atoms with Gasteiger partial charge in [0.25, 0.3) is 0 Å². The Hall–Kier alpha value is -3.43. The van der Waals surface area contributed by atoms with Crippen molar-refractivity contribution >= 4 is 60.6 Å². The monoisotopic (exact) mass is 477 g/mol. The molecule has 0 spiro atoms. The third-order valence-corrected chi connectivity index (χ3v) is 6.77. The van der Waals surface area contributed by atoms with Crippen LogP contribution in [-0.2, 0) is 0 Å². The maximum absolute atomic E-state index is 4.44. The second-order valence-electron chi connectivity index (χ2n) is 7.27.